The minimum absolute atomic E-state index is 0.649. The van der Waals surface area contributed by atoms with E-state index < -0.39 is 0 Å². The van der Waals surface area contributed by atoms with Crippen LogP contribution < -0.4 is 5.32 Å². The van der Waals surface area contributed by atoms with Gasteiger partial charge in [-0.2, -0.15) is 0 Å². The van der Waals surface area contributed by atoms with Gasteiger partial charge in [0.05, 0.1) is 13.2 Å². The molecule has 0 aromatic carbocycles. The van der Waals surface area contributed by atoms with Crippen LogP contribution in [-0.4, -0.2) is 50.3 Å². The number of hydrogen-bond donors (Lipinski definition) is 1. The fourth-order valence-electron chi connectivity index (χ4n) is 2.15. The molecule has 2 unspecified atom stereocenters. The zero-order valence-electron chi connectivity index (χ0n) is 11.2. The molecule has 1 N–H and O–H groups in total. The molecule has 16 heavy (non-hydrogen) atoms. The van der Waals surface area contributed by atoms with Gasteiger partial charge in [0.2, 0.25) is 0 Å². The highest BCUT2D eigenvalue weighted by molar-refractivity contribution is 4.67. The van der Waals surface area contributed by atoms with Crippen molar-refractivity contribution in [1.82, 2.24) is 10.2 Å². The molecule has 2 atom stereocenters. The summed E-state index contributed by atoms with van der Waals surface area (Å²) in [5.41, 5.74) is 0. The van der Waals surface area contributed by atoms with Crippen molar-refractivity contribution >= 4 is 0 Å². The SMILES string of the molecule is CCC(C)CC(C)NCCN1CCOCC1. The summed E-state index contributed by atoms with van der Waals surface area (Å²) < 4.78 is 5.33. The van der Waals surface area contributed by atoms with Crippen molar-refractivity contribution in [2.45, 2.75) is 39.7 Å². The molecule has 3 heteroatoms. The van der Waals surface area contributed by atoms with Crippen molar-refractivity contribution in [3.63, 3.8) is 0 Å². The first kappa shape index (κ1) is 13.9. The van der Waals surface area contributed by atoms with Crippen LogP contribution >= 0.6 is 0 Å². The molecule has 1 rings (SSSR count). The molecule has 96 valence electrons. The zero-order chi connectivity index (χ0) is 11.8. The summed E-state index contributed by atoms with van der Waals surface area (Å²) in [6.07, 6.45) is 2.58. The number of nitrogens with one attached hydrogen (secondary N) is 1. The fraction of sp³-hybridized carbons (Fsp3) is 1.00. The molecule has 0 aromatic rings. The third kappa shape index (κ3) is 5.83. The smallest absolute Gasteiger partial charge is 0.0594 e. The quantitative estimate of drug-likeness (QED) is 0.718. The van der Waals surface area contributed by atoms with E-state index in [1.165, 1.54) is 12.8 Å². The number of ether oxygens (including phenoxy) is 1. The highest BCUT2D eigenvalue weighted by Gasteiger charge is 2.10. The summed E-state index contributed by atoms with van der Waals surface area (Å²) in [7, 11) is 0. The monoisotopic (exact) mass is 228 g/mol. The summed E-state index contributed by atoms with van der Waals surface area (Å²) in [5.74, 6) is 0.839. The van der Waals surface area contributed by atoms with Gasteiger partial charge in [-0.25, -0.2) is 0 Å². The van der Waals surface area contributed by atoms with Gasteiger partial charge in [0, 0.05) is 32.2 Å². The molecule has 1 heterocycles. The Morgan fingerprint density at radius 1 is 1.25 bits per heavy atom. The Labute approximate surface area is 101 Å². The van der Waals surface area contributed by atoms with Crippen molar-refractivity contribution in [1.29, 1.82) is 0 Å². The van der Waals surface area contributed by atoms with Gasteiger partial charge < -0.3 is 10.1 Å². The van der Waals surface area contributed by atoms with Gasteiger partial charge in [-0.3, -0.25) is 4.90 Å². The van der Waals surface area contributed by atoms with Gasteiger partial charge in [0.25, 0.3) is 0 Å². The summed E-state index contributed by atoms with van der Waals surface area (Å²) >= 11 is 0. The van der Waals surface area contributed by atoms with E-state index in [-0.39, 0.29) is 0 Å². The van der Waals surface area contributed by atoms with E-state index in [1.54, 1.807) is 0 Å². The van der Waals surface area contributed by atoms with Gasteiger partial charge in [-0.1, -0.05) is 20.3 Å². The van der Waals surface area contributed by atoms with Crippen molar-refractivity contribution < 1.29 is 4.74 Å². The predicted molar refractivity (Wildman–Crippen MR) is 68.8 cm³/mol. The Kier molecular flexibility index (Phi) is 7.01. The highest BCUT2D eigenvalue weighted by atomic mass is 16.5. The van der Waals surface area contributed by atoms with Gasteiger partial charge in [0.1, 0.15) is 0 Å². The molecule has 0 aliphatic carbocycles. The van der Waals surface area contributed by atoms with Crippen molar-refractivity contribution in [3.05, 3.63) is 0 Å². The molecule has 0 bridgehead atoms. The third-order valence-corrected chi connectivity index (χ3v) is 3.48. The van der Waals surface area contributed by atoms with Crippen molar-refractivity contribution in [2.24, 2.45) is 5.92 Å². The first-order valence-corrected chi connectivity index (χ1v) is 6.75. The van der Waals surface area contributed by atoms with Crippen LogP contribution in [0, 0.1) is 5.92 Å². The van der Waals surface area contributed by atoms with Crippen LogP contribution in [0.15, 0.2) is 0 Å². The fourth-order valence-corrected chi connectivity index (χ4v) is 2.15. The Balaban J connectivity index is 2.00. The molecule has 3 nitrogen and oxygen atoms in total. The Bertz CT molecular complexity index is 169. The molecule has 0 amide bonds. The average Bonchev–Trinajstić information content (AvgIpc) is 2.30. The second-order valence-electron chi connectivity index (χ2n) is 5.06. The van der Waals surface area contributed by atoms with E-state index in [2.05, 4.69) is 31.0 Å². The molecule has 0 radical (unpaired) electrons. The van der Waals surface area contributed by atoms with Gasteiger partial charge >= 0.3 is 0 Å². The lowest BCUT2D eigenvalue weighted by Gasteiger charge is -2.27. The maximum atomic E-state index is 5.33. The van der Waals surface area contributed by atoms with E-state index in [0.717, 1.165) is 45.3 Å². The topological polar surface area (TPSA) is 24.5 Å². The molecule has 0 spiro atoms. The van der Waals surface area contributed by atoms with Crippen molar-refractivity contribution in [2.75, 3.05) is 39.4 Å². The van der Waals surface area contributed by atoms with Crippen LogP contribution in [0.2, 0.25) is 0 Å². The second-order valence-corrected chi connectivity index (χ2v) is 5.06. The minimum Gasteiger partial charge on any atom is -0.379 e. The van der Waals surface area contributed by atoms with E-state index in [0.29, 0.717) is 6.04 Å². The zero-order valence-corrected chi connectivity index (χ0v) is 11.2. The Morgan fingerprint density at radius 3 is 2.56 bits per heavy atom. The summed E-state index contributed by atoms with van der Waals surface area (Å²) in [5, 5.41) is 3.61. The van der Waals surface area contributed by atoms with Gasteiger partial charge in [-0.15, -0.1) is 0 Å². The van der Waals surface area contributed by atoms with Gasteiger partial charge in [-0.05, 0) is 19.3 Å². The van der Waals surface area contributed by atoms with Crippen LogP contribution in [0.3, 0.4) is 0 Å². The van der Waals surface area contributed by atoms with Crippen LogP contribution in [0.4, 0.5) is 0 Å². The predicted octanol–water partition coefficient (Wildman–Crippen LogP) is 1.73. The highest BCUT2D eigenvalue weighted by Crippen LogP contribution is 2.09. The van der Waals surface area contributed by atoms with E-state index in [4.69, 9.17) is 4.74 Å². The Morgan fingerprint density at radius 2 is 1.94 bits per heavy atom. The number of rotatable bonds is 7. The van der Waals surface area contributed by atoms with Crippen molar-refractivity contribution in [3.8, 4) is 0 Å². The maximum absolute atomic E-state index is 5.33. The molecule has 1 saturated heterocycles. The lowest BCUT2D eigenvalue weighted by molar-refractivity contribution is 0.0381. The largest absolute Gasteiger partial charge is 0.379 e. The lowest BCUT2D eigenvalue weighted by atomic mass is 10.0. The molecule has 0 saturated carbocycles. The number of morpholine rings is 1. The van der Waals surface area contributed by atoms with E-state index in [1.807, 2.05) is 0 Å². The molecular formula is C13H28N2O. The first-order chi connectivity index (χ1) is 7.72. The number of hydrogen-bond acceptors (Lipinski definition) is 3. The summed E-state index contributed by atoms with van der Waals surface area (Å²) in [6.45, 7) is 13.2. The van der Waals surface area contributed by atoms with E-state index >= 15 is 0 Å². The Hall–Kier alpha value is -0.120. The standard InChI is InChI=1S/C13H28N2O/c1-4-12(2)11-13(3)14-5-6-15-7-9-16-10-8-15/h12-14H,4-11H2,1-3H3. The van der Waals surface area contributed by atoms with Crippen LogP contribution in [0.25, 0.3) is 0 Å². The number of nitrogens with zero attached hydrogens (tertiary/aromatic N) is 1. The normalized spacial score (nSPS) is 21.9. The van der Waals surface area contributed by atoms with Crippen LogP contribution in [-0.2, 0) is 4.74 Å². The molecule has 0 aromatic heterocycles. The molecule has 1 aliphatic heterocycles. The molecular weight excluding hydrogens is 200 g/mol. The minimum atomic E-state index is 0.649. The second kappa shape index (κ2) is 8.04. The maximum Gasteiger partial charge on any atom is 0.0594 e. The van der Waals surface area contributed by atoms with Crippen LogP contribution in [0.1, 0.15) is 33.6 Å². The molecule has 1 aliphatic rings. The summed E-state index contributed by atoms with van der Waals surface area (Å²) in [4.78, 5) is 2.48. The lowest BCUT2D eigenvalue weighted by Crippen LogP contribution is -2.42. The first-order valence-electron chi connectivity index (χ1n) is 6.75. The summed E-state index contributed by atoms with van der Waals surface area (Å²) in [6, 6.07) is 0.649. The van der Waals surface area contributed by atoms with E-state index in [9.17, 15) is 0 Å². The van der Waals surface area contributed by atoms with Gasteiger partial charge in [0.15, 0.2) is 0 Å². The van der Waals surface area contributed by atoms with Crippen LogP contribution in [0.5, 0.6) is 0 Å². The average molecular weight is 228 g/mol. The third-order valence-electron chi connectivity index (χ3n) is 3.48. The molecule has 1 fully saturated rings.